The minimum Gasteiger partial charge on any atom is -0.374 e. The van der Waals surface area contributed by atoms with Crippen molar-refractivity contribution < 1.29 is 17.8 Å². The number of hydrogen-bond acceptors (Lipinski definition) is 3. The molecule has 0 heterocycles. The number of unbranched alkanes of at least 4 members (excludes halogenated alkanes) is 15. The summed E-state index contributed by atoms with van der Waals surface area (Å²) in [6.45, 7) is 6.91. The second-order valence-corrected chi connectivity index (χ2v) is 12.7. The molecule has 0 aromatic carbocycles. The summed E-state index contributed by atoms with van der Waals surface area (Å²) in [5.41, 5.74) is 0. The smallest absolute Gasteiger partial charge is 0.374 e. The molecule has 0 aromatic rings. The van der Waals surface area contributed by atoms with Gasteiger partial charge in [-0.15, -0.1) is 0 Å². The van der Waals surface area contributed by atoms with Gasteiger partial charge in [-0.1, -0.05) is 104 Å². The maximum absolute atomic E-state index is 5.69. The van der Waals surface area contributed by atoms with Gasteiger partial charge < -0.3 is 17.8 Å². The zero-order valence-electron chi connectivity index (χ0n) is 22.3. The summed E-state index contributed by atoms with van der Waals surface area (Å²) >= 11 is 0. The van der Waals surface area contributed by atoms with Gasteiger partial charge in [0.25, 0.3) is 0 Å². The number of nitrogens with zero attached hydrogens (tertiary/aromatic N) is 1. The summed E-state index contributed by atoms with van der Waals surface area (Å²) in [4.78, 5) is 0. The highest BCUT2D eigenvalue weighted by molar-refractivity contribution is 6.60. The van der Waals surface area contributed by atoms with Crippen molar-refractivity contribution in [3.63, 3.8) is 0 Å². The van der Waals surface area contributed by atoms with E-state index >= 15 is 0 Å². The van der Waals surface area contributed by atoms with E-state index < -0.39 is 8.80 Å². The van der Waals surface area contributed by atoms with Crippen molar-refractivity contribution in [3.05, 3.63) is 0 Å². The zero-order chi connectivity index (χ0) is 23.3. The first-order chi connectivity index (χ1) is 15.0. The third-order valence-corrected chi connectivity index (χ3v) is 9.84. The summed E-state index contributed by atoms with van der Waals surface area (Å²) in [5, 5.41) is 0. The minimum absolute atomic E-state index is 0.864. The van der Waals surface area contributed by atoms with Crippen LogP contribution in [0.4, 0.5) is 0 Å². The van der Waals surface area contributed by atoms with E-state index in [4.69, 9.17) is 13.3 Å². The third kappa shape index (κ3) is 16.3. The molecule has 0 fully saturated rings. The quantitative estimate of drug-likeness (QED) is 0.0846. The largest absolute Gasteiger partial charge is 0.558 e. The predicted octanol–water partition coefficient (Wildman–Crippen LogP) is 7.52. The van der Waals surface area contributed by atoms with Crippen LogP contribution in [0.25, 0.3) is 0 Å². The number of rotatable bonds is 24. The zero-order valence-corrected chi connectivity index (χ0v) is 23.3. The Balaban J connectivity index is 3.72. The topological polar surface area (TPSA) is 27.7 Å². The molecule has 0 bridgehead atoms. The molecule has 0 saturated heterocycles. The van der Waals surface area contributed by atoms with Gasteiger partial charge in [0, 0.05) is 21.3 Å². The fourth-order valence-corrected chi connectivity index (χ4v) is 6.90. The highest BCUT2D eigenvalue weighted by Gasteiger charge is 2.46. The maximum Gasteiger partial charge on any atom is 0.558 e. The molecule has 188 valence electrons. The first-order valence-electron chi connectivity index (χ1n) is 13.5. The Morgan fingerprint density at radius 3 is 1.16 bits per heavy atom. The van der Waals surface area contributed by atoms with Crippen LogP contribution in [0, 0.1) is 0 Å². The van der Waals surface area contributed by atoms with Gasteiger partial charge in [0.1, 0.15) is 6.17 Å². The normalized spacial score (nSPS) is 14.1. The lowest BCUT2D eigenvalue weighted by atomic mass is 10.0. The van der Waals surface area contributed by atoms with Crippen molar-refractivity contribution in [3.8, 4) is 0 Å². The molecule has 0 saturated carbocycles. The van der Waals surface area contributed by atoms with Crippen LogP contribution in [0.3, 0.4) is 0 Å². The molecule has 0 radical (unpaired) electrons. The van der Waals surface area contributed by atoms with Gasteiger partial charge in [0.15, 0.2) is 0 Å². The lowest BCUT2D eigenvalue weighted by Gasteiger charge is -2.39. The molecule has 0 amide bonds. The van der Waals surface area contributed by atoms with Crippen LogP contribution in [0.2, 0.25) is 0 Å². The van der Waals surface area contributed by atoms with Crippen LogP contribution in [0.1, 0.15) is 123 Å². The molecular weight excluding hydrogens is 402 g/mol. The second kappa shape index (κ2) is 20.6. The average Bonchev–Trinajstić information content (AvgIpc) is 2.77. The first-order valence-corrected chi connectivity index (χ1v) is 15.4. The Labute approximate surface area is 197 Å². The van der Waals surface area contributed by atoms with Gasteiger partial charge in [0.2, 0.25) is 0 Å². The molecule has 1 unspecified atom stereocenters. The highest BCUT2D eigenvalue weighted by atomic mass is 28.4. The molecule has 0 spiro atoms. The average molecular weight is 461 g/mol. The van der Waals surface area contributed by atoms with Crippen LogP contribution < -0.4 is 0 Å². The highest BCUT2D eigenvalue weighted by Crippen LogP contribution is 2.18. The van der Waals surface area contributed by atoms with E-state index in [2.05, 4.69) is 20.9 Å². The van der Waals surface area contributed by atoms with Crippen LogP contribution in [0.5, 0.6) is 0 Å². The monoisotopic (exact) mass is 460 g/mol. The Morgan fingerprint density at radius 1 is 0.484 bits per heavy atom. The van der Waals surface area contributed by atoms with Crippen molar-refractivity contribution in [1.82, 2.24) is 0 Å². The Hall–Kier alpha value is 0.0569. The molecule has 0 aliphatic carbocycles. The van der Waals surface area contributed by atoms with Crippen molar-refractivity contribution in [2.75, 3.05) is 47.6 Å². The summed E-state index contributed by atoms with van der Waals surface area (Å²) in [6.07, 6.45) is 24.7. The lowest BCUT2D eigenvalue weighted by molar-refractivity contribution is -0.902. The summed E-state index contributed by atoms with van der Waals surface area (Å²) in [6, 6.07) is 0. The molecule has 31 heavy (non-hydrogen) atoms. The standard InChI is InChI=1S/C26H58NO3Si/c1-7-9-10-11-12-13-14-15-16-17-18-19-20-21-22-23-25-27(3,24-8-2)26-31(28-4,29-5)30-6/h7-26H2,1-6H3/q+1. The Bertz CT molecular complexity index is 371. The van der Waals surface area contributed by atoms with E-state index in [0.29, 0.717) is 0 Å². The second-order valence-electron chi connectivity index (χ2n) is 9.82. The SMILES string of the molecule is CCCCCCCCCCCCCCCCCC[N+](C)(CCC)C[Si](OC)(OC)OC. The molecule has 0 aliphatic rings. The van der Waals surface area contributed by atoms with E-state index in [1.807, 2.05) is 0 Å². The fourth-order valence-electron chi connectivity index (χ4n) is 4.76. The van der Waals surface area contributed by atoms with Crippen LogP contribution >= 0.6 is 0 Å². The van der Waals surface area contributed by atoms with Crippen molar-refractivity contribution in [1.29, 1.82) is 0 Å². The minimum atomic E-state index is -2.53. The maximum atomic E-state index is 5.69. The van der Waals surface area contributed by atoms with Crippen LogP contribution in [-0.4, -0.2) is 60.9 Å². The number of quaternary nitrogens is 1. The molecular formula is C26H58NO3Si+. The van der Waals surface area contributed by atoms with Crippen molar-refractivity contribution in [2.24, 2.45) is 0 Å². The molecule has 1 atom stereocenters. The fraction of sp³-hybridized carbons (Fsp3) is 1.00. The predicted molar refractivity (Wildman–Crippen MR) is 137 cm³/mol. The van der Waals surface area contributed by atoms with Crippen LogP contribution in [-0.2, 0) is 13.3 Å². The molecule has 0 aliphatic heterocycles. The van der Waals surface area contributed by atoms with Gasteiger partial charge in [-0.25, -0.2) is 0 Å². The summed E-state index contributed by atoms with van der Waals surface area (Å²) in [5.74, 6) is 0. The van der Waals surface area contributed by atoms with Gasteiger partial charge in [-0.05, 0) is 19.3 Å². The molecule has 4 nitrogen and oxygen atoms in total. The first kappa shape index (κ1) is 31.1. The summed E-state index contributed by atoms with van der Waals surface area (Å²) in [7, 11) is 4.99. The summed E-state index contributed by atoms with van der Waals surface area (Å²) < 4.78 is 18.1. The van der Waals surface area contributed by atoms with Crippen molar-refractivity contribution in [2.45, 2.75) is 123 Å². The van der Waals surface area contributed by atoms with E-state index in [9.17, 15) is 0 Å². The number of hydrogen-bond donors (Lipinski definition) is 0. The molecule has 0 aromatic heterocycles. The lowest BCUT2D eigenvalue weighted by Crippen LogP contribution is -2.61. The van der Waals surface area contributed by atoms with Gasteiger partial charge in [0.05, 0.1) is 20.1 Å². The van der Waals surface area contributed by atoms with E-state index in [-0.39, 0.29) is 0 Å². The van der Waals surface area contributed by atoms with Crippen LogP contribution in [0.15, 0.2) is 0 Å². The van der Waals surface area contributed by atoms with E-state index in [1.165, 1.54) is 116 Å². The third-order valence-electron chi connectivity index (χ3n) is 6.82. The Morgan fingerprint density at radius 2 is 0.839 bits per heavy atom. The molecule has 5 heteroatoms. The van der Waals surface area contributed by atoms with Gasteiger partial charge in [-0.3, -0.25) is 0 Å². The van der Waals surface area contributed by atoms with Gasteiger partial charge in [-0.2, -0.15) is 0 Å². The van der Waals surface area contributed by atoms with E-state index in [0.717, 1.165) is 17.2 Å². The van der Waals surface area contributed by atoms with Gasteiger partial charge >= 0.3 is 8.80 Å². The molecule has 0 N–H and O–H groups in total. The van der Waals surface area contributed by atoms with E-state index in [1.54, 1.807) is 21.3 Å². The Kier molecular flexibility index (Phi) is 20.7. The molecule has 0 rings (SSSR count). The van der Waals surface area contributed by atoms with Crippen molar-refractivity contribution >= 4 is 8.80 Å².